The van der Waals surface area contributed by atoms with E-state index in [1.807, 2.05) is 0 Å². The fourth-order valence-corrected chi connectivity index (χ4v) is 2.79. The van der Waals surface area contributed by atoms with E-state index in [0.29, 0.717) is 4.47 Å². The monoisotopic (exact) mass is 374 g/mol. The van der Waals surface area contributed by atoms with Gasteiger partial charge in [0, 0.05) is 10.7 Å². The Bertz CT molecular complexity index is 742. The number of nitrogens with one attached hydrogen (secondary N) is 2. The van der Waals surface area contributed by atoms with Crippen LogP contribution in [0.5, 0.6) is 0 Å². The summed E-state index contributed by atoms with van der Waals surface area (Å²) in [6.45, 7) is 1.75. The van der Waals surface area contributed by atoms with Gasteiger partial charge in [0.2, 0.25) is 0 Å². The van der Waals surface area contributed by atoms with Crippen molar-refractivity contribution < 1.29 is 17.9 Å². The molecule has 0 atom stereocenters. The van der Waals surface area contributed by atoms with Crippen molar-refractivity contribution in [2.45, 2.75) is 11.9 Å². The normalized spacial score (nSPS) is 11.1. The number of H-pyrrole nitrogens is 1. The Balaban J connectivity index is 2.30. The van der Waals surface area contributed by atoms with Crippen molar-refractivity contribution in [3.8, 4) is 0 Å². The number of aromatic nitrogens is 3. The summed E-state index contributed by atoms with van der Waals surface area (Å²) in [4.78, 5) is 15.6. The molecule has 2 aromatic heterocycles. The Morgan fingerprint density at radius 3 is 2.81 bits per heavy atom. The van der Waals surface area contributed by atoms with Crippen molar-refractivity contribution in [1.82, 2.24) is 15.2 Å². The lowest BCUT2D eigenvalue weighted by molar-refractivity contribution is 0.0522. The molecule has 0 unspecified atom stereocenters. The topological polar surface area (TPSA) is 114 Å². The fourth-order valence-electron chi connectivity index (χ4n) is 1.46. The maximum absolute atomic E-state index is 12.2. The summed E-state index contributed by atoms with van der Waals surface area (Å²) in [7, 11) is -4.02. The summed E-state index contributed by atoms with van der Waals surface area (Å²) in [5, 5.41) is 5.48. The van der Waals surface area contributed by atoms with Crippen molar-refractivity contribution in [2.24, 2.45) is 0 Å². The van der Waals surface area contributed by atoms with Crippen LogP contribution < -0.4 is 4.72 Å². The van der Waals surface area contributed by atoms with E-state index >= 15 is 0 Å². The number of halogens is 1. The second-order valence-electron chi connectivity index (χ2n) is 3.80. The SMILES string of the molecule is CCOC(=O)c1cn[nH]c1S(=O)(=O)Nc1ccc(Br)cn1. The zero-order chi connectivity index (χ0) is 15.5. The zero-order valence-electron chi connectivity index (χ0n) is 10.8. The average molecular weight is 375 g/mol. The first-order valence-corrected chi connectivity index (χ1v) is 8.06. The van der Waals surface area contributed by atoms with Crippen LogP contribution in [-0.4, -0.2) is 36.2 Å². The number of nitrogens with zero attached hydrogens (tertiary/aromatic N) is 2. The van der Waals surface area contributed by atoms with Gasteiger partial charge in [-0.05, 0) is 35.0 Å². The molecular weight excluding hydrogens is 364 g/mol. The van der Waals surface area contributed by atoms with Gasteiger partial charge < -0.3 is 4.74 Å². The number of ether oxygens (including phenoxy) is 1. The standard InChI is InChI=1S/C11H11BrN4O4S/c1-2-20-11(17)8-6-14-15-10(8)21(18,19)16-9-4-3-7(12)5-13-9/h3-6H,2H2,1H3,(H,13,16)(H,14,15). The van der Waals surface area contributed by atoms with Gasteiger partial charge in [0.1, 0.15) is 11.4 Å². The lowest BCUT2D eigenvalue weighted by atomic mass is 10.4. The summed E-state index contributed by atoms with van der Waals surface area (Å²) in [6, 6.07) is 3.10. The van der Waals surface area contributed by atoms with Gasteiger partial charge in [0.15, 0.2) is 5.03 Å². The maximum Gasteiger partial charge on any atom is 0.342 e. The molecule has 0 aromatic carbocycles. The third-order valence-electron chi connectivity index (χ3n) is 2.33. The average Bonchev–Trinajstić information content (AvgIpc) is 2.92. The zero-order valence-corrected chi connectivity index (χ0v) is 13.2. The first-order chi connectivity index (χ1) is 9.94. The minimum atomic E-state index is -4.02. The number of carbonyl (C=O) groups is 1. The summed E-state index contributed by atoms with van der Waals surface area (Å²) < 4.78 is 32.2. The minimum Gasteiger partial charge on any atom is -0.462 e. The second kappa shape index (κ2) is 6.22. The lowest BCUT2D eigenvalue weighted by Gasteiger charge is -2.07. The highest BCUT2D eigenvalue weighted by molar-refractivity contribution is 9.10. The third kappa shape index (κ3) is 3.58. The number of carbonyl (C=O) groups excluding carboxylic acids is 1. The quantitative estimate of drug-likeness (QED) is 0.767. The molecule has 2 heterocycles. The van der Waals surface area contributed by atoms with Crippen LogP contribution in [0.3, 0.4) is 0 Å². The van der Waals surface area contributed by atoms with Crippen molar-refractivity contribution >= 4 is 37.7 Å². The summed E-state index contributed by atoms with van der Waals surface area (Å²) in [5.74, 6) is -0.655. The van der Waals surface area contributed by atoms with Gasteiger partial charge >= 0.3 is 5.97 Å². The van der Waals surface area contributed by atoms with E-state index in [0.717, 1.165) is 6.20 Å². The van der Waals surface area contributed by atoms with Gasteiger partial charge in [-0.25, -0.2) is 9.78 Å². The van der Waals surface area contributed by atoms with Gasteiger partial charge in [0.25, 0.3) is 10.0 Å². The Morgan fingerprint density at radius 1 is 1.43 bits per heavy atom. The molecule has 0 saturated carbocycles. The maximum atomic E-state index is 12.2. The number of rotatable bonds is 5. The highest BCUT2D eigenvalue weighted by Gasteiger charge is 2.26. The predicted molar refractivity (Wildman–Crippen MR) is 77.3 cm³/mol. The molecule has 2 N–H and O–H groups in total. The van der Waals surface area contributed by atoms with Gasteiger partial charge in [-0.1, -0.05) is 0 Å². The molecule has 0 radical (unpaired) electrons. The van der Waals surface area contributed by atoms with Crippen LogP contribution in [0.1, 0.15) is 17.3 Å². The minimum absolute atomic E-state index is 0.114. The molecule has 0 aliphatic heterocycles. The molecular formula is C11H11BrN4O4S. The number of anilines is 1. The molecule has 8 nitrogen and oxygen atoms in total. The van der Waals surface area contributed by atoms with Crippen molar-refractivity contribution in [1.29, 1.82) is 0 Å². The molecule has 0 fully saturated rings. The number of sulfonamides is 1. The Kier molecular flexibility index (Phi) is 4.58. The van der Waals surface area contributed by atoms with Crippen LogP contribution in [0.15, 0.2) is 34.0 Å². The Labute approximate surface area is 129 Å². The number of esters is 1. The van der Waals surface area contributed by atoms with E-state index in [4.69, 9.17) is 4.74 Å². The molecule has 2 aromatic rings. The van der Waals surface area contributed by atoms with Gasteiger partial charge in [-0.15, -0.1) is 0 Å². The van der Waals surface area contributed by atoms with Crippen LogP contribution in [-0.2, 0) is 14.8 Å². The molecule has 2 rings (SSSR count). The van der Waals surface area contributed by atoms with E-state index in [9.17, 15) is 13.2 Å². The first-order valence-electron chi connectivity index (χ1n) is 5.79. The number of aromatic amines is 1. The highest BCUT2D eigenvalue weighted by atomic mass is 79.9. The Morgan fingerprint density at radius 2 is 2.19 bits per heavy atom. The van der Waals surface area contributed by atoms with Gasteiger partial charge in [0.05, 0.1) is 12.8 Å². The highest BCUT2D eigenvalue weighted by Crippen LogP contribution is 2.18. The second-order valence-corrected chi connectivity index (χ2v) is 6.34. The fraction of sp³-hybridized carbons (Fsp3) is 0.182. The first kappa shape index (κ1) is 15.4. The van der Waals surface area contributed by atoms with Crippen molar-refractivity contribution in [2.75, 3.05) is 11.3 Å². The van der Waals surface area contributed by atoms with Gasteiger partial charge in [-0.2, -0.15) is 13.5 Å². The largest absolute Gasteiger partial charge is 0.462 e. The molecule has 0 aliphatic carbocycles. The Hall–Kier alpha value is -1.94. The van der Waals surface area contributed by atoms with E-state index in [1.165, 1.54) is 12.3 Å². The predicted octanol–water partition coefficient (Wildman–Crippen LogP) is 1.54. The van der Waals surface area contributed by atoms with E-state index < -0.39 is 16.0 Å². The molecule has 0 saturated heterocycles. The van der Waals surface area contributed by atoms with Crippen LogP contribution in [0, 0.1) is 0 Å². The molecule has 0 amide bonds. The van der Waals surface area contributed by atoms with Crippen molar-refractivity contribution in [3.63, 3.8) is 0 Å². The smallest absolute Gasteiger partial charge is 0.342 e. The van der Waals surface area contributed by atoms with E-state index in [2.05, 4.69) is 35.8 Å². The van der Waals surface area contributed by atoms with Crippen LogP contribution >= 0.6 is 15.9 Å². The number of hydrogen-bond donors (Lipinski definition) is 2. The number of pyridine rings is 1. The molecule has 0 aliphatic rings. The summed E-state index contributed by atoms with van der Waals surface area (Å²) in [5.41, 5.74) is -0.165. The van der Waals surface area contributed by atoms with E-state index in [-0.39, 0.29) is 23.0 Å². The summed E-state index contributed by atoms with van der Waals surface area (Å²) >= 11 is 3.19. The molecule has 0 bridgehead atoms. The van der Waals surface area contributed by atoms with Crippen LogP contribution in [0.2, 0.25) is 0 Å². The molecule has 21 heavy (non-hydrogen) atoms. The van der Waals surface area contributed by atoms with Crippen LogP contribution in [0.25, 0.3) is 0 Å². The number of hydrogen-bond acceptors (Lipinski definition) is 6. The van der Waals surface area contributed by atoms with E-state index in [1.54, 1.807) is 13.0 Å². The lowest BCUT2D eigenvalue weighted by Crippen LogP contribution is -2.18. The molecule has 0 spiro atoms. The third-order valence-corrected chi connectivity index (χ3v) is 4.13. The molecule has 10 heteroatoms. The van der Waals surface area contributed by atoms with Gasteiger partial charge in [-0.3, -0.25) is 9.82 Å². The summed E-state index contributed by atoms with van der Waals surface area (Å²) in [6.07, 6.45) is 2.54. The van der Waals surface area contributed by atoms with Crippen molar-refractivity contribution in [3.05, 3.63) is 34.6 Å². The molecule has 112 valence electrons. The van der Waals surface area contributed by atoms with Crippen LogP contribution in [0.4, 0.5) is 5.82 Å².